The third kappa shape index (κ3) is 4.32. The minimum atomic E-state index is -0.262. The van der Waals surface area contributed by atoms with Gasteiger partial charge in [-0.3, -0.25) is 4.79 Å². The van der Waals surface area contributed by atoms with Gasteiger partial charge in [0.2, 0.25) is 11.1 Å². The molecule has 4 rings (SSSR count). The highest BCUT2D eigenvalue weighted by molar-refractivity contribution is 7.99. The minimum absolute atomic E-state index is 0.111. The maximum Gasteiger partial charge on any atom is 0.253 e. The Morgan fingerprint density at radius 3 is 2.57 bits per heavy atom. The summed E-state index contributed by atoms with van der Waals surface area (Å²) in [6.45, 7) is 0. The molecule has 0 bridgehead atoms. The fourth-order valence-corrected chi connectivity index (χ4v) is 3.53. The van der Waals surface area contributed by atoms with Gasteiger partial charge in [0.05, 0.1) is 11.8 Å². The van der Waals surface area contributed by atoms with Crippen molar-refractivity contribution < 1.29 is 4.79 Å². The van der Waals surface area contributed by atoms with E-state index in [9.17, 15) is 4.79 Å². The van der Waals surface area contributed by atoms with Crippen LogP contribution in [0.25, 0.3) is 5.78 Å². The third-order valence-corrected chi connectivity index (χ3v) is 5.16. The lowest BCUT2D eigenvalue weighted by molar-refractivity contribution is -0.119. The van der Waals surface area contributed by atoms with Crippen LogP contribution in [0.3, 0.4) is 0 Å². The van der Waals surface area contributed by atoms with E-state index < -0.39 is 0 Å². The molecular weight excluding hydrogens is 394 g/mol. The number of hydrogen-bond donors (Lipinski definition) is 1. The Hall–Kier alpha value is -2.90. The second-order valence-corrected chi connectivity index (χ2v) is 7.39. The quantitative estimate of drug-likeness (QED) is 0.491. The van der Waals surface area contributed by atoms with E-state index in [-0.39, 0.29) is 17.7 Å². The molecule has 2 aromatic heterocycles. The van der Waals surface area contributed by atoms with Crippen molar-refractivity contribution in [3.05, 3.63) is 89.2 Å². The molecule has 140 valence electrons. The maximum atomic E-state index is 12.6. The number of rotatable bonds is 6. The Balaban J connectivity index is 1.48. The van der Waals surface area contributed by atoms with Crippen LogP contribution >= 0.6 is 23.4 Å². The SMILES string of the molecule is O=C(CSc1nc2ncccn2n1)NC(c1ccccc1)c1ccc(Cl)cc1. The number of thioether (sulfide) groups is 1. The van der Waals surface area contributed by atoms with Gasteiger partial charge in [-0.25, -0.2) is 9.50 Å². The summed E-state index contributed by atoms with van der Waals surface area (Å²) in [5, 5.41) is 8.56. The predicted molar refractivity (Wildman–Crippen MR) is 109 cm³/mol. The fourth-order valence-electron chi connectivity index (χ4n) is 2.77. The van der Waals surface area contributed by atoms with E-state index in [0.29, 0.717) is 16.0 Å². The monoisotopic (exact) mass is 409 g/mol. The van der Waals surface area contributed by atoms with E-state index in [1.54, 1.807) is 23.0 Å². The molecular formula is C20H16ClN5OS. The number of hydrogen-bond acceptors (Lipinski definition) is 5. The van der Waals surface area contributed by atoms with Gasteiger partial charge in [0.25, 0.3) is 5.78 Å². The smallest absolute Gasteiger partial charge is 0.253 e. The second kappa shape index (κ2) is 8.41. The molecule has 0 radical (unpaired) electrons. The molecule has 0 aliphatic carbocycles. The molecule has 0 spiro atoms. The van der Waals surface area contributed by atoms with Gasteiger partial charge < -0.3 is 5.32 Å². The number of carbonyl (C=O) groups is 1. The van der Waals surface area contributed by atoms with Crippen LogP contribution in [0.2, 0.25) is 5.02 Å². The number of fused-ring (bicyclic) bond motifs is 1. The normalized spacial score (nSPS) is 12.0. The van der Waals surface area contributed by atoms with Gasteiger partial charge in [0, 0.05) is 17.4 Å². The number of nitrogens with zero attached hydrogens (tertiary/aromatic N) is 4. The van der Waals surface area contributed by atoms with Crippen LogP contribution in [0.4, 0.5) is 0 Å². The van der Waals surface area contributed by atoms with Gasteiger partial charge in [-0.1, -0.05) is 65.8 Å². The van der Waals surface area contributed by atoms with Crippen molar-refractivity contribution in [3.8, 4) is 0 Å². The Morgan fingerprint density at radius 2 is 1.82 bits per heavy atom. The lowest BCUT2D eigenvalue weighted by Crippen LogP contribution is -2.30. The molecule has 28 heavy (non-hydrogen) atoms. The Kier molecular flexibility index (Phi) is 5.55. The zero-order valence-corrected chi connectivity index (χ0v) is 16.3. The Morgan fingerprint density at radius 1 is 1.07 bits per heavy atom. The lowest BCUT2D eigenvalue weighted by atomic mass is 9.99. The van der Waals surface area contributed by atoms with Gasteiger partial charge in [0.1, 0.15) is 0 Å². The van der Waals surface area contributed by atoms with Gasteiger partial charge in [-0.15, -0.1) is 5.10 Å². The van der Waals surface area contributed by atoms with Crippen LogP contribution in [0.15, 0.2) is 78.2 Å². The fraction of sp³-hybridized carbons (Fsp3) is 0.100. The number of benzene rings is 2. The summed E-state index contributed by atoms with van der Waals surface area (Å²) in [6, 6.07) is 18.8. The van der Waals surface area contributed by atoms with Gasteiger partial charge in [0.15, 0.2) is 0 Å². The molecule has 6 nitrogen and oxygen atoms in total. The van der Waals surface area contributed by atoms with Crippen molar-refractivity contribution in [2.24, 2.45) is 0 Å². The van der Waals surface area contributed by atoms with Crippen molar-refractivity contribution in [1.29, 1.82) is 0 Å². The van der Waals surface area contributed by atoms with Gasteiger partial charge in [-0.05, 0) is 29.3 Å². The average molecular weight is 410 g/mol. The summed E-state index contributed by atoms with van der Waals surface area (Å²) >= 11 is 7.28. The van der Waals surface area contributed by atoms with Crippen LogP contribution in [0.1, 0.15) is 17.2 Å². The van der Waals surface area contributed by atoms with E-state index in [2.05, 4.69) is 20.4 Å². The van der Waals surface area contributed by atoms with Gasteiger partial charge in [-0.2, -0.15) is 4.98 Å². The molecule has 1 amide bonds. The largest absolute Gasteiger partial charge is 0.344 e. The molecule has 0 fully saturated rings. The molecule has 0 aliphatic rings. The summed E-state index contributed by atoms with van der Waals surface area (Å²) in [5.41, 5.74) is 1.96. The first-order chi connectivity index (χ1) is 13.7. The highest BCUT2D eigenvalue weighted by atomic mass is 35.5. The van der Waals surface area contributed by atoms with Crippen LogP contribution in [0, 0.1) is 0 Å². The van der Waals surface area contributed by atoms with Crippen LogP contribution < -0.4 is 5.32 Å². The van der Waals surface area contributed by atoms with Crippen molar-refractivity contribution in [3.63, 3.8) is 0 Å². The molecule has 1 N–H and O–H groups in total. The summed E-state index contributed by atoms with van der Waals surface area (Å²) in [4.78, 5) is 21.0. The summed E-state index contributed by atoms with van der Waals surface area (Å²) in [7, 11) is 0. The molecule has 1 atom stereocenters. The highest BCUT2D eigenvalue weighted by Gasteiger charge is 2.17. The number of amides is 1. The number of carbonyl (C=O) groups excluding carboxylic acids is 1. The Labute approximate surface area is 171 Å². The molecule has 2 heterocycles. The standard InChI is InChI=1S/C20H16ClN5OS/c21-16-9-7-15(8-10-16)18(14-5-2-1-3-6-14)23-17(27)13-28-20-24-19-22-11-4-12-26(19)25-20/h1-12,18H,13H2,(H,23,27). The van der Waals surface area contributed by atoms with Crippen LogP contribution in [-0.4, -0.2) is 31.2 Å². The summed E-state index contributed by atoms with van der Waals surface area (Å²) < 4.78 is 1.58. The van der Waals surface area contributed by atoms with E-state index in [1.807, 2.05) is 54.6 Å². The van der Waals surface area contributed by atoms with E-state index in [0.717, 1.165) is 11.1 Å². The first-order valence-corrected chi connectivity index (χ1v) is 9.95. The minimum Gasteiger partial charge on any atom is -0.344 e. The molecule has 0 saturated carbocycles. The summed E-state index contributed by atoms with van der Waals surface area (Å²) in [6.07, 6.45) is 3.42. The zero-order chi connectivity index (χ0) is 19.3. The Bertz CT molecular complexity index is 1050. The molecule has 2 aromatic carbocycles. The average Bonchev–Trinajstić information content (AvgIpc) is 3.15. The maximum absolute atomic E-state index is 12.6. The highest BCUT2D eigenvalue weighted by Crippen LogP contribution is 2.24. The molecule has 1 unspecified atom stereocenters. The molecule has 4 aromatic rings. The first kappa shape index (κ1) is 18.5. The summed E-state index contributed by atoms with van der Waals surface area (Å²) in [5.74, 6) is 0.600. The third-order valence-electron chi connectivity index (χ3n) is 4.07. The van der Waals surface area contributed by atoms with Gasteiger partial charge >= 0.3 is 0 Å². The number of halogens is 1. The molecule has 0 aliphatic heterocycles. The number of aromatic nitrogens is 4. The van der Waals surface area contributed by atoms with E-state index in [4.69, 9.17) is 11.6 Å². The number of nitrogens with one attached hydrogen (secondary N) is 1. The van der Waals surface area contributed by atoms with E-state index >= 15 is 0 Å². The predicted octanol–water partition coefficient (Wildman–Crippen LogP) is 3.78. The van der Waals surface area contributed by atoms with Crippen LogP contribution in [0.5, 0.6) is 0 Å². The lowest BCUT2D eigenvalue weighted by Gasteiger charge is -2.20. The second-order valence-electron chi connectivity index (χ2n) is 6.01. The van der Waals surface area contributed by atoms with Crippen molar-refractivity contribution in [2.75, 3.05) is 5.75 Å². The van der Waals surface area contributed by atoms with Crippen molar-refractivity contribution >= 4 is 35.0 Å². The first-order valence-electron chi connectivity index (χ1n) is 8.59. The topological polar surface area (TPSA) is 72.2 Å². The molecule has 0 saturated heterocycles. The van der Waals surface area contributed by atoms with Crippen molar-refractivity contribution in [2.45, 2.75) is 11.2 Å². The molecule has 8 heteroatoms. The van der Waals surface area contributed by atoms with E-state index in [1.165, 1.54) is 11.8 Å². The van der Waals surface area contributed by atoms with Crippen molar-refractivity contribution in [1.82, 2.24) is 24.9 Å². The zero-order valence-electron chi connectivity index (χ0n) is 14.7. The van der Waals surface area contributed by atoms with Crippen LogP contribution in [-0.2, 0) is 4.79 Å².